The molecule has 0 aliphatic rings. The number of benzene rings is 2. The number of nitrogens with zero attached hydrogens (tertiary/aromatic N) is 4. The fourth-order valence-electron chi connectivity index (χ4n) is 6.38. The molecule has 0 saturated heterocycles. The van der Waals surface area contributed by atoms with E-state index in [9.17, 15) is 4.79 Å². The van der Waals surface area contributed by atoms with Gasteiger partial charge in [0, 0.05) is 37.6 Å². The molecule has 4 rings (SSSR count). The quantitative estimate of drug-likeness (QED) is 0.0851. The Morgan fingerprint density at radius 1 is 0.591 bits per heavy atom. The van der Waals surface area contributed by atoms with Crippen LogP contribution in [0.2, 0.25) is 0 Å². The average Bonchev–Trinajstić information content (AvgIpc) is 3.78. The summed E-state index contributed by atoms with van der Waals surface area (Å²) in [6.45, 7) is 4.48. The molecule has 2 heterocycles. The molecule has 0 spiro atoms. The van der Waals surface area contributed by atoms with Gasteiger partial charge in [0.25, 0.3) is 0 Å². The van der Waals surface area contributed by atoms with Crippen LogP contribution in [-0.4, -0.2) is 24.9 Å². The normalized spacial score (nSPS) is 12.8. The van der Waals surface area contributed by atoms with E-state index in [1.807, 2.05) is 25.0 Å². The van der Waals surface area contributed by atoms with Gasteiger partial charge >= 0.3 is 0 Å². The monoisotopic (exact) mass is 594 g/mol. The first kappa shape index (κ1) is 33.4. The molecule has 0 fully saturated rings. The number of Topliss-reactive ketones (excluding diaryl/α,β-unsaturated/α-hetero) is 1. The van der Waals surface area contributed by atoms with E-state index in [0.29, 0.717) is 17.9 Å². The maximum atomic E-state index is 12.4. The predicted octanol–water partition coefficient (Wildman–Crippen LogP) is 10.1. The lowest BCUT2D eigenvalue weighted by Gasteiger charge is -2.18. The Hall–Kier alpha value is -3.47. The second-order valence-corrected chi connectivity index (χ2v) is 12.5. The zero-order valence-corrected chi connectivity index (χ0v) is 27.2. The van der Waals surface area contributed by atoms with Crippen molar-refractivity contribution in [1.82, 2.24) is 19.1 Å². The third-order valence-electron chi connectivity index (χ3n) is 8.96. The second-order valence-electron chi connectivity index (χ2n) is 12.5. The first-order chi connectivity index (χ1) is 21.7. The van der Waals surface area contributed by atoms with Crippen LogP contribution in [0.1, 0.15) is 138 Å². The molecule has 44 heavy (non-hydrogen) atoms. The molecule has 0 saturated carbocycles. The van der Waals surface area contributed by atoms with Crippen LogP contribution in [0, 0.1) is 0 Å². The molecule has 0 radical (unpaired) electrons. The Labute approximate surface area is 266 Å². The van der Waals surface area contributed by atoms with Gasteiger partial charge in [0.15, 0.2) is 0 Å². The van der Waals surface area contributed by atoms with E-state index in [2.05, 4.69) is 93.9 Å². The Kier molecular flexibility index (Phi) is 14.5. The number of hydrogen-bond acceptors (Lipinski definition) is 3. The van der Waals surface area contributed by atoms with E-state index in [1.165, 1.54) is 47.9 Å². The van der Waals surface area contributed by atoms with Crippen molar-refractivity contribution in [1.29, 1.82) is 0 Å². The molecule has 0 aliphatic carbocycles. The van der Waals surface area contributed by atoms with Gasteiger partial charge in [-0.1, -0.05) is 101 Å². The van der Waals surface area contributed by atoms with E-state index in [4.69, 9.17) is 0 Å². The standard InChI is InChI=1S/C39H54N4O/c1-3-13-38(42-29-27-40-31-42)35-23-19-33(20-24-35)15-9-5-7-11-17-37(44)18-12-8-6-10-16-34-21-25-36(26-22-34)39(14-4-2)43-30-28-41-32-43/h19-32,38-39H,3-18H2,1-2H3. The summed E-state index contributed by atoms with van der Waals surface area (Å²) >= 11 is 0. The van der Waals surface area contributed by atoms with Gasteiger partial charge in [0.05, 0.1) is 24.7 Å². The minimum Gasteiger partial charge on any atom is -0.330 e. The molecule has 4 aromatic rings. The highest BCUT2D eigenvalue weighted by Gasteiger charge is 2.13. The number of imidazole rings is 2. The minimum absolute atomic E-state index is 0.371. The first-order valence-electron chi connectivity index (χ1n) is 17.3. The van der Waals surface area contributed by atoms with Crippen molar-refractivity contribution >= 4 is 5.78 Å². The van der Waals surface area contributed by atoms with E-state index >= 15 is 0 Å². The molecule has 236 valence electrons. The van der Waals surface area contributed by atoms with Crippen molar-refractivity contribution in [3.05, 3.63) is 108 Å². The molecule has 2 aromatic carbocycles. The average molecular weight is 595 g/mol. The third-order valence-corrected chi connectivity index (χ3v) is 8.96. The lowest BCUT2D eigenvalue weighted by molar-refractivity contribution is -0.119. The lowest BCUT2D eigenvalue weighted by Crippen LogP contribution is -2.08. The van der Waals surface area contributed by atoms with Gasteiger partial charge in [-0.15, -0.1) is 0 Å². The number of unbranched alkanes of at least 4 members (excludes halogenated alkanes) is 6. The van der Waals surface area contributed by atoms with Crippen LogP contribution >= 0.6 is 0 Å². The van der Waals surface area contributed by atoms with E-state index in [-0.39, 0.29) is 0 Å². The summed E-state index contributed by atoms with van der Waals surface area (Å²) < 4.78 is 4.43. The molecule has 0 amide bonds. The Bertz CT molecular complexity index is 1190. The van der Waals surface area contributed by atoms with Crippen molar-refractivity contribution in [3.63, 3.8) is 0 Å². The van der Waals surface area contributed by atoms with Crippen LogP contribution in [-0.2, 0) is 17.6 Å². The van der Waals surface area contributed by atoms with Crippen LogP contribution < -0.4 is 0 Å². The van der Waals surface area contributed by atoms with Crippen molar-refractivity contribution in [2.75, 3.05) is 0 Å². The molecule has 2 atom stereocenters. The first-order valence-corrected chi connectivity index (χ1v) is 17.3. The second kappa shape index (κ2) is 19.0. The molecule has 0 aliphatic heterocycles. The summed E-state index contributed by atoms with van der Waals surface area (Å²) in [6, 6.07) is 19.1. The zero-order valence-electron chi connectivity index (χ0n) is 27.2. The summed E-state index contributed by atoms with van der Waals surface area (Å²) in [6.07, 6.45) is 29.2. The van der Waals surface area contributed by atoms with Gasteiger partial charge in [0.1, 0.15) is 5.78 Å². The molecular weight excluding hydrogens is 540 g/mol. The highest BCUT2D eigenvalue weighted by molar-refractivity contribution is 5.78. The number of aryl methyl sites for hydroxylation is 2. The number of carbonyl (C=O) groups excluding carboxylic acids is 1. The highest BCUT2D eigenvalue weighted by Crippen LogP contribution is 2.25. The maximum absolute atomic E-state index is 12.4. The Morgan fingerprint density at radius 3 is 1.36 bits per heavy atom. The van der Waals surface area contributed by atoms with E-state index < -0.39 is 0 Å². The maximum Gasteiger partial charge on any atom is 0.132 e. The summed E-state index contributed by atoms with van der Waals surface area (Å²) in [5.74, 6) is 0.454. The Morgan fingerprint density at radius 2 is 1.00 bits per heavy atom. The van der Waals surface area contributed by atoms with E-state index in [0.717, 1.165) is 77.0 Å². The summed E-state index contributed by atoms with van der Waals surface area (Å²) in [7, 11) is 0. The largest absolute Gasteiger partial charge is 0.330 e. The van der Waals surface area contributed by atoms with Gasteiger partial charge in [-0.2, -0.15) is 0 Å². The van der Waals surface area contributed by atoms with Crippen molar-refractivity contribution in [2.45, 2.75) is 129 Å². The van der Waals surface area contributed by atoms with Gasteiger partial charge in [-0.05, 0) is 73.6 Å². The van der Waals surface area contributed by atoms with Crippen molar-refractivity contribution in [3.8, 4) is 0 Å². The van der Waals surface area contributed by atoms with Gasteiger partial charge in [0.2, 0.25) is 0 Å². The predicted molar refractivity (Wildman–Crippen MR) is 182 cm³/mol. The van der Waals surface area contributed by atoms with Crippen LogP contribution in [0.4, 0.5) is 0 Å². The fourth-order valence-corrected chi connectivity index (χ4v) is 6.38. The summed E-state index contributed by atoms with van der Waals surface area (Å²) in [5, 5.41) is 0. The zero-order chi connectivity index (χ0) is 30.8. The molecule has 0 N–H and O–H groups in total. The molecule has 2 aromatic heterocycles. The number of rotatable bonds is 22. The topological polar surface area (TPSA) is 52.7 Å². The number of aromatic nitrogens is 4. The molecule has 0 bridgehead atoms. The van der Waals surface area contributed by atoms with E-state index in [1.54, 1.807) is 0 Å². The minimum atomic E-state index is 0.371. The van der Waals surface area contributed by atoms with Gasteiger partial charge < -0.3 is 9.13 Å². The Balaban J connectivity index is 1.01. The summed E-state index contributed by atoms with van der Waals surface area (Å²) in [4.78, 5) is 20.8. The van der Waals surface area contributed by atoms with Crippen molar-refractivity contribution < 1.29 is 4.79 Å². The van der Waals surface area contributed by atoms with Crippen LogP contribution in [0.3, 0.4) is 0 Å². The number of hydrogen-bond donors (Lipinski definition) is 0. The fraction of sp³-hybridized carbons (Fsp3) is 0.513. The molecule has 5 heteroatoms. The van der Waals surface area contributed by atoms with Gasteiger partial charge in [-0.3, -0.25) is 4.79 Å². The molecule has 2 unspecified atom stereocenters. The SMILES string of the molecule is CCCC(c1ccc(CCCCCCC(=O)CCCCCCc2ccc(C(CCC)n3ccnc3)cc2)cc1)n1ccnc1. The van der Waals surface area contributed by atoms with Crippen LogP contribution in [0.5, 0.6) is 0 Å². The van der Waals surface area contributed by atoms with Gasteiger partial charge in [-0.25, -0.2) is 9.97 Å². The molecular formula is C39H54N4O. The smallest absolute Gasteiger partial charge is 0.132 e. The lowest BCUT2D eigenvalue weighted by atomic mass is 9.98. The third kappa shape index (κ3) is 10.9. The van der Waals surface area contributed by atoms with Crippen molar-refractivity contribution in [2.24, 2.45) is 0 Å². The highest BCUT2D eigenvalue weighted by atomic mass is 16.1. The number of ketones is 1. The van der Waals surface area contributed by atoms with Crippen LogP contribution in [0.15, 0.2) is 86.0 Å². The van der Waals surface area contributed by atoms with Crippen LogP contribution in [0.25, 0.3) is 0 Å². The number of carbonyl (C=O) groups is 1. The summed E-state index contributed by atoms with van der Waals surface area (Å²) in [5.41, 5.74) is 5.54. The molecule has 5 nitrogen and oxygen atoms in total.